The Morgan fingerprint density at radius 2 is 2.12 bits per heavy atom. The van der Waals surface area contributed by atoms with Crippen molar-refractivity contribution in [3.63, 3.8) is 0 Å². The van der Waals surface area contributed by atoms with Gasteiger partial charge in [0, 0.05) is 38.3 Å². The molecule has 0 radical (unpaired) electrons. The van der Waals surface area contributed by atoms with Gasteiger partial charge in [-0.3, -0.25) is 4.79 Å². The quantitative estimate of drug-likeness (QED) is 0.704. The molecule has 0 bridgehead atoms. The average molecular weight is 397 g/mol. The molecule has 2 fully saturated rings. The Kier molecular flexibility index (Phi) is 5.94. The minimum atomic E-state index is -4.88. The van der Waals surface area contributed by atoms with Crippen molar-refractivity contribution >= 4 is 18.3 Å². The topological polar surface area (TPSA) is 79.2 Å². The molecule has 1 amide bonds. The molecule has 1 spiro atoms. The number of nitrogens with zero attached hydrogens (tertiary/aromatic N) is 2. The molecule has 2 unspecified atom stereocenters. The van der Waals surface area contributed by atoms with E-state index in [2.05, 4.69) is 15.6 Å². The van der Waals surface area contributed by atoms with Crippen LogP contribution in [0.5, 0.6) is 0 Å². The molecule has 0 aromatic carbocycles. The Bertz CT molecular complexity index is 646. The number of hydrogen-bond acceptors (Lipinski definition) is 4. The molecule has 10 heteroatoms. The number of carbonyl (C=O) groups excluding carboxylic acids is 1. The first-order valence-corrected chi connectivity index (χ1v) is 8.45. The van der Waals surface area contributed by atoms with Crippen LogP contribution in [0.3, 0.4) is 0 Å². The van der Waals surface area contributed by atoms with E-state index in [0.29, 0.717) is 0 Å². The van der Waals surface area contributed by atoms with E-state index in [0.717, 1.165) is 36.9 Å². The Hall–Kier alpha value is -1.32. The van der Waals surface area contributed by atoms with Gasteiger partial charge in [0.15, 0.2) is 0 Å². The molecular formula is C16H24ClF3N4O2. The highest BCUT2D eigenvalue weighted by Crippen LogP contribution is 2.58. The van der Waals surface area contributed by atoms with Gasteiger partial charge in [0.05, 0.1) is 0 Å². The molecule has 2 heterocycles. The standard InChI is InChI=1S/C16H23F3N4O2.ClH/c1-23-9-8-22-13(23)15(25,16(17,18)19)4-7-21-12(24)11-10-14(11)2-5-20-6-3-14;/h8-9,11,20,25H,2-7,10H2,1H3,(H,21,24);1H. The normalized spacial score (nSPS) is 23.8. The summed E-state index contributed by atoms with van der Waals surface area (Å²) in [6.07, 6.45) is -0.370. The van der Waals surface area contributed by atoms with Crippen LogP contribution in [0, 0.1) is 11.3 Å². The molecule has 1 aliphatic carbocycles. The molecule has 1 saturated heterocycles. The summed E-state index contributed by atoms with van der Waals surface area (Å²) in [6, 6.07) is 0. The number of aliphatic hydroxyl groups is 1. The zero-order chi connectivity index (χ0) is 18.3. The van der Waals surface area contributed by atoms with Crippen LogP contribution in [-0.2, 0) is 17.4 Å². The lowest BCUT2D eigenvalue weighted by Gasteiger charge is -2.30. The number of amides is 1. The lowest BCUT2D eigenvalue weighted by molar-refractivity contribution is -0.272. The monoisotopic (exact) mass is 396 g/mol. The SMILES string of the molecule is Cl.Cn1ccnc1C(O)(CCNC(=O)C1CC12CCNCC2)C(F)(F)F. The van der Waals surface area contributed by atoms with E-state index in [1.54, 1.807) is 0 Å². The fraction of sp³-hybridized carbons (Fsp3) is 0.750. The summed E-state index contributed by atoms with van der Waals surface area (Å²) in [5.74, 6) is -0.816. The Morgan fingerprint density at radius 3 is 2.65 bits per heavy atom. The maximum absolute atomic E-state index is 13.4. The number of rotatable bonds is 5. The number of piperidine rings is 1. The van der Waals surface area contributed by atoms with Crippen LogP contribution in [-0.4, -0.2) is 46.4 Å². The van der Waals surface area contributed by atoms with Gasteiger partial charge in [-0.15, -0.1) is 12.4 Å². The van der Waals surface area contributed by atoms with Crippen molar-refractivity contribution < 1.29 is 23.1 Å². The minimum absolute atomic E-state index is 0. The van der Waals surface area contributed by atoms with Crippen molar-refractivity contribution in [2.24, 2.45) is 18.4 Å². The van der Waals surface area contributed by atoms with Gasteiger partial charge < -0.3 is 20.3 Å². The lowest BCUT2D eigenvalue weighted by Crippen LogP contribution is -2.47. The van der Waals surface area contributed by atoms with E-state index < -0.39 is 24.0 Å². The number of hydrogen-bond donors (Lipinski definition) is 3. The molecular weight excluding hydrogens is 373 g/mol. The van der Waals surface area contributed by atoms with Gasteiger partial charge in [-0.2, -0.15) is 13.2 Å². The molecule has 6 nitrogen and oxygen atoms in total. The highest BCUT2D eigenvalue weighted by atomic mass is 35.5. The second-order valence-corrected chi connectivity index (χ2v) is 7.13. The second-order valence-electron chi connectivity index (χ2n) is 7.13. The number of carbonyl (C=O) groups is 1. The molecule has 2 atom stereocenters. The first-order chi connectivity index (χ1) is 11.7. The van der Waals surface area contributed by atoms with Crippen LogP contribution in [0.1, 0.15) is 31.5 Å². The third-order valence-electron chi connectivity index (χ3n) is 5.55. The second kappa shape index (κ2) is 7.36. The van der Waals surface area contributed by atoms with Gasteiger partial charge in [-0.05, 0) is 37.8 Å². The van der Waals surface area contributed by atoms with E-state index in [-0.39, 0.29) is 36.2 Å². The fourth-order valence-electron chi connectivity index (χ4n) is 3.83. The van der Waals surface area contributed by atoms with Crippen molar-refractivity contribution in [3.05, 3.63) is 18.2 Å². The smallest absolute Gasteiger partial charge is 0.374 e. The predicted molar refractivity (Wildman–Crippen MR) is 90.7 cm³/mol. The Labute approximate surface area is 156 Å². The largest absolute Gasteiger partial charge is 0.424 e. The van der Waals surface area contributed by atoms with E-state index in [9.17, 15) is 23.1 Å². The Morgan fingerprint density at radius 1 is 1.46 bits per heavy atom. The minimum Gasteiger partial charge on any atom is -0.374 e. The summed E-state index contributed by atoms with van der Waals surface area (Å²) in [6.45, 7) is 1.49. The molecule has 2 aliphatic rings. The van der Waals surface area contributed by atoms with E-state index in [4.69, 9.17) is 0 Å². The molecule has 148 valence electrons. The summed E-state index contributed by atoms with van der Waals surface area (Å²) in [4.78, 5) is 15.9. The third-order valence-corrected chi connectivity index (χ3v) is 5.55. The first kappa shape index (κ1) is 21.0. The average Bonchev–Trinajstić information content (AvgIpc) is 3.04. The highest BCUT2D eigenvalue weighted by molar-refractivity contribution is 5.85. The maximum atomic E-state index is 13.4. The Balaban J connectivity index is 0.00000243. The summed E-state index contributed by atoms with van der Waals surface area (Å²) < 4.78 is 41.4. The van der Waals surface area contributed by atoms with Crippen molar-refractivity contribution in [2.45, 2.75) is 37.5 Å². The van der Waals surface area contributed by atoms with Crippen LogP contribution >= 0.6 is 12.4 Å². The molecule has 3 rings (SSSR count). The molecule has 1 aromatic rings. The maximum Gasteiger partial charge on any atom is 0.424 e. The molecule has 1 aliphatic heterocycles. The van der Waals surface area contributed by atoms with Gasteiger partial charge >= 0.3 is 6.18 Å². The summed E-state index contributed by atoms with van der Waals surface area (Å²) >= 11 is 0. The number of imidazole rings is 1. The lowest BCUT2D eigenvalue weighted by atomic mass is 9.91. The number of aromatic nitrogens is 2. The van der Waals surface area contributed by atoms with Crippen molar-refractivity contribution in [3.8, 4) is 0 Å². The van der Waals surface area contributed by atoms with Crippen molar-refractivity contribution in [1.29, 1.82) is 0 Å². The van der Waals surface area contributed by atoms with Crippen molar-refractivity contribution in [2.75, 3.05) is 19.6 Å². The van der Waals surface area contributed by atoms with Crippen molar-refractivity contribution in [1.82, 2.24) is 20.2 Å². The summed E-state index contributed by atoms with van der Waals surface area (Å²) in [5.41, 5.74) is -3.07. The predicted octanol–water partition coefficient (Wildman–Crippen LogP) is 1.49. The molecule has 1 aromatic heterocycles. The summed E-state index contributed by atoms with van der Waals surface area (Å²) in [7, 11) is 1.39. The number of nitrogens with one attached hydrogen (secondary N) is 2. The fourth-order valence-corrected chi connectivity index (χ4v) is 3.83. The first-order valence-electron chi connectivity index (χ1n) is 8.45. The van der Waals surface area contributed by atoms with Gasteiger partial charge in [0.25, 0.3) is 0 Å². The number of aryl methyl sites for hydroxylation is 1. The van der Waals surface area contributed by atoms with E-state index in [1.807, 2.05) is 0 Å². The van der Waals surface area contributed by atoms with Gasteiger partial charge in [-0.25, -0.2) is 4.98 Å². The van der Waals surface area contributed by atoms with Crippen LogP contribution < -0.4 is 10.6 Å². The zero-order valence-electron chi connectivity index (χ0n) is 14.5. The van der Waals surface area contributed by atoms with E-state index in [1.165, 1.54) is 19.4 Å². The molecule has 1 saturated carbocycles. The van der Waals surface area contributed by atoms with Gasteiger partial charge in [0.2, 0.25) is 11.5 Å². The van der Waals surface area contributed by atoms with Gasteiger partial charge in [0.1, 0.15) is 5.82 Å². The number of halogens is 4. The van der Waals surface area contributed by atoms with Crippen LogP contribution in [0.4, 0.5) is 13.2 Å². The zero-order valence-corrected chi connectivity index (χ0v) is 15.3. The molecule has 3 N–H and O–H groups in total. The summed E-state index contributed by atoms with van der Waals surface area (Å²) in [5, 5.41) is 16.0. The van der Waals surface area contributed by atoms with E-state index >= 15 is 0 Å². The third kappa shape index (κ3) is 3.70. The molecule has 26 heavy (non-hydrogen) atoms. The van der Waals surface area contributed by atoms with Crippen LogP contribution in [0.15, 0.2) is 12.4 Å². The van der Waals surface area contributed by atoms with Gasteiger partial charge in [-0.1, -0.05) is 0 Å². The highest BCUT2D eigenvalue weighted by Gasteiger charge is 2.59. The van der Waals surface area contributed by atoms with Crippen LogP contribution in [0.2, 0.25) is 0 Å². The number of alkyl halides is 3. The van der Waals surface area contributed by atoms with Crippen LogP contribution in [0.25, 0.3) is 0 Å².